The van der Waals surface area contributed by atoms with Crippen molar-refractivity contribution < 1.29 is 9.59 Å². The fourth-order valence-corrected chi connectivity index (χ4v) is 4.08. The first-order valence-electron chi connectivity index (χ1n) is 9.93. The van der Waals surface area contributed by atoms with E-state index >= 15 is 0 Å². The van der Waals surface area contributed by atoms with Crippen molar-refractivity contribution in [2.45, 2.75) is 0 Å². The lowest BCUT2D eigenvalue weighted by molar-refractivity contribution is 0.0984. The number of anilines is 4. The zero-order chi connectivity index (χ0) is 22.2. The van der Waals surface area contributed by atoms with Gasteiger partial charge in [0.1, 0.15) is 0 Å². The quantitative estimate of drug-likeness (QED) is 0.317. The van der Waals surface area contributed by atoms with Crippen LogP contribution in [0.4, 0.5) is 22.7 Å². The maximum atomic E-state index is 13.6. The highest BCUT2D eigenvalue weighted by Gasteiger charge is 2.35. The number of halogens is 2. The SMILES string of the molecule is O=C(c1ccc(Cl)cc1)N1c2ccccc2N(C(=O)c2ccc(Cl)cc2)c2ccccc21. The Bertz CT molecular complexity index is 1180. The molecule has 1 aliphatic heterocycles. The molecule has 1 heterocycles. The van der Waals surface area contributed by atoms with Crippen LogP contribution in [0.3, 0.4) is 0 Å². The van der Waals surface area contributed by atoms with E-state index in [9.17, 15) is 9.59 Å². The van der Waals surface area contributed by atoms with Crippen molar-refractivity contribution >= 4 is 57.8 Å². The van der Waals surface area contributed by atoms with Gasteiger partial charge in [0.2, 0.25) is 0 Å². The Labute approximate surface area is 195 Å². The zero-order valence-electron chi connectivity index (χ0n) is 16.7. The Kier molecular flexibility index (Phi) is 5.17. The monoisotopic (exact) mass is 458 g/mol. The third kappa shape index (κ3) is 3.44. The van der Waals surface area contributed by atoms with E-state index in [1.54, 1.807) is 58.3 Å². The maximum Gasteiger partial charge on any atom is 0.262 e. The predicted octanol–water partition coefficient (Wildman–Crippen LogP) is 7.26. The molecule has 0 saturated heterocycles. The summed E-state index contributed by atoms with van der Waals surface area (Å²) in [6.07, 6.45) is 0. The fourth-order valence-electron chi connectivity index (χ4n) is 3.82. The minimum absolute atomic E-state index is 0.208. The molecule has 156 valence electrons. The normalized spacial score (nSPS) is 12.2. The topological polar surface area (TPSA) is 40.6 Å². The number of amides is 2. The molecule has 4 aromatic carbocycles. The van der Waals surface area contributed by atoms with E-state index in [2.05, 4.69) is 0 Å². The molecule has 0 unspecified atom stereocenters. The third-order valence-electron chi connectivity index (χ3n) is 5.32. The molecule has 0 bridgehead atoms. The molecule has 5 rings (SSSR count). The van der Waals surface area contributed by atoms with Gasteiger partial charge >= 0.3 is 0 Å². The minimum atomic E-state index is -0.208. The van der Waals surface area contributed by atoms with Crippen LogP contribution in [-0.4, -0.2) is 11.8 Å². The molecule has 0 spiro atoms. The van der Waals surface area contributed by atoms with E-state index in [1.165, 1.54) is 0 Å². The van der Waals surface area contributed by atoms with Crippen LogP contribution in [0.25, 0.3) is 0 Å². The van der Waals surface area contributed by atoms with Crippen LogP contribution in [0.1, 0.15) is 20.7 Å². The number of carbonyl (C=O) groups is 2. The lowest BCUT2D eigenvalue weighted by atomic mass is 10.0. The summed E-state index contributed by atoms with van der Waals surface area (Å²) in [4.78, 5) is 30.4. The summed E-state index contributed by atoms with van der Waals surface area (Å²) in [5.74, 6) is -0.416. The molecule has 0 atom stereocenters. The van der Waals surface area contributed by atoms with E-state index < -0.39 is 0 Å². The fraction of sp³-hybridized carbons (Fsp3) is 0. The number of nitrogens with zero attached hydrogens (tertiary/aromatic N) is 2. The molecule has 0 aliphatic carbocycles. The van der Waals surface area contributed by atoms with Crippen LogP contribution in [0, 0.1) is 0 Å². The first-order valence-corrected chi connectivity index (χ1v) is 10.7. The molecule has 0 saturated carbocycles. The van der Waals surface area contributed by atoms with Crippen molar-refractivity contribution in [1.29, 1.82) is 0 Å². The third-order valence-corrected chi connectivity index (χ3v) is 5.82. The maximum absolute atomic E-state index is 13.6. The lowest BCUT2D eigenvalue weighted by Gasteiger charge is -2.38. The highest BCUT2D eigenvalue weighted by molar-refractivity contribution is 6.31. The van der Waals surface area contributed by atoms with Gasteiger partial charge in [0.05, 0.1) is 22.7 Å². The van der Waals surface area contributed by atoms with Crippen molar-refractivity contribution in [2.75, 3.05) is 9.80 Å². The van der Waals surface area contributed by atoms with Gasteiger partial charge in [0.15, 0.2) is 0 Å². The Morgan fingerprint density at radius 1 is 0.469 bits per heavy atom. The molecule has 0 fully saturated rings. The predicted molar refractivity (Wildman–Crippen MR) is 129 cm³/mol. The number of hydrogen-bond donors (Lipinski definition) is 0. The van der Waals surface area contributed by atoms with E-state index in [0.29, 0.717) is 43.9 Å². The van der Waals surface area contributed by atoms with Gasteiger partial charge in [-0.15, -0.1) is 0 Å². The number of benzene rings is 4. The molecule has 4 aromatic rings. The molecule has 0 aromatic heterocycles. The summed E-state index contributed by atoms with van der Waals surface area (Å²) in [5, 5.41) is 1.11. The Balaban J connectivity index is 1.68. The van der Waals surface area contributed by atoms with Gasteiger partial charge in [-0.05, 0) is 72.8 Å². The van der Waals surface area contributed by atoms with E-state index in [1.807, 2.05) is 48.5 Å². The second-order valence-electron chi connectivity index (χ2n) is 7.27. The average molecular weight is 459 g/mol. The summed E-state index contributed by atoms with van der Waals surface area (Å²) in [5.41, 5.74) is 3.47. The average Bonchev–Trinajstić information content (AvgIpc) is 2.82. The summed E-state index contributed by atoms with van der Waals surface area (Å²) in [7, 11) is 0. The molecule has 2 amide bonds. The Morgan fingerprint density at radius 2 is 0.750 bits per heavy atom. The molecule has 6 heteroatoms. The van der Waals surface area contributed by atoms with Crippen LogP contribution < -0.4 is 9.80 Å². The molecular formula is C26H16Cl2N2O2. The standard InChI is InChI=1S/C26H16Cl2N2O2/c27-19-13-9-17(10-14-19)25(31)29-21-5-1-2-6-22(21)30(24-8-4-3-7-23(24)29)26(32)18-11-15-20(28)16-12-18/h1-16H. The summed E-state index contributed by atoms with van der Waals surface area (Å²) < 4.78 is 0. The van der Waals surface area contributed by atoms with Gasteiger partial charge in [-0.3, -0.25) is 19.4 Å². The minimum Gasteiger partial charge on any atom is -0.273 e. The van der Waals surface area contributed by atoms with Gasteiger partial charge < -0.3 is 0 Å². The van der Waals surface area contributed by atoms with Gasteiger partial charge in [-0.25, -0.2) is 0 Å². The van der Waals surface area contributed by atoms with Crippen LogP contribution >= 0.6 is 23.2 Å². The molecule has 0 radical (unpaired) electrons. The van der Waals surface area contributed by atoms with Crippen LogP contribution in [0.2, 0.25) is 10.0 Å². The van der Waals surface area contributed by atoms with E-state index in [-0.39, 0.29) is 11.8 Å². The van der Waals surface area contributed by atoms with Crippen LogP contribution in [0.5, 0.6) is 0 Å². The van der Waals surface area contributed by atoms with Crippen LogP contribution in [0.15, 0.2) is 97.1 Å². The molecule has 0 N–H and O–H groups in total. The number of carbonyl (C=O) groups excluding carboxylic acids is 2. The van der Waals surface area contributed by atoms with Crippen molar-refractivity contribution in [1.82, 2.24) is 0 Å². The summed E-state index contributed by atoms with van der Waals surface area (Å²) >= 11 is 12.0. The first-order chi connectivity index (χ1) is 15.5. The molecular weight excluding hydrogens is 443 g/mol. The van der Waals surface area contributed by atoms with Gasteiger partial charge in [-0.1, -0.05) is 47.5 Å². The highest BCUT2D eigenvalue weighted by Crippen LogP contribution is 2.48. The molecule has 32 heavy (non-hydrogen) atoms. The lowest BCUT2D eigenvalue weighted by Crippen LogP contribution is -2.36. The Hall–Kier alpha value is -3.60. The number of fused-ring (bicyclic) bond motifs is 2. The highest BCUT2D eigenvalue weighted by atomic mass is 35.5. The second kappa shape index (κ2) is 8.15. The molecule has 4 nitrogen and oxygen atoms in total. The molecule has 1 aliphatic rings. The second-order valence-corrected chi connectivity index (χ2v) is 8.15. The smallest absolute Gasteiger partial charge is 0.262 e. The summed E-state index contributed by atoms with van der Waals surface area (Å²) in [6.45, 7) is 0. The Morgan fingerprint density at radius 3 is 1.03 bits per heavy atom. The van der Waals surface area contributed by atoms with Crippen molar-refractivity contribution in [3.05, 3.63) is 118 Å². The summed E-state index contributed by atoms with van der Waals surface area (Å²) in [6, 6.07) is 28.3. The number of hydrogen-bond acceptors (Lipinski definition) is 2. The van der Waals surface area contributed by atoms with Crippen molar-refractivity contribution in [3.8, 4) is 0 Å². The van der Waals surface area contributed by atoms with Gasteiger partial charge in [-0.2, -0.15) is 0 Å². The first kappa shape index (κ1) is 20.3. The van der Waals surface area contributed by atoms with Crippen molar-refractivity contribution in [2.24, 2.45) is 0 Å². The van der Waals surface area contributed by atoms with E-state index in [0.717, 1.165) is 0 Å². The largest absolute Gasteiger partial charge is 0.273 e. The van der Waals surface area contributed by atoms with Gasteiger partial charge in [0, 0.05) is 21.2 Å². The van der Waals surface area contributed by atoms with Crippen molar-refractivity contribution in [3.63, 3.8) is 0 Å². The number of para-hydroxylation sites is 4. The van der Waals surface area contributed by atoms with E-state index in [4.69, 9.17) is 23.2 Å². The number of rotatable bonds is 2. The zero-order valence-corrected chi connectivity index (χ0v) is 18.2. The van der Waals surface area contributed by atoms with Gasteiger partial charge in [0.25, 0.3) is 11.8 Å². The van der Waals surface area contributed by atoms with Crippen LogP contribution in [-0.2, 0) is 0 Å².